The number of nitro groups is 1. The number of anilines is 1. The van der Waals surface area contributed by atoms with E-state index in [1.54, 1.807) is 29.2 Å². The van der Waals surface area contributed by atoms with Gasteiger partial charge in [0.25, 0.3) is 5.69 Å². The molecule has 0 unspecified atom stereocenters. The molecule has 0 radical (unpaired) electrons. The Hall–Kier alpha value is -4.43. The summed E-state index contributed by atoms with van der Waals surface area (Å²) >= 11 is 0. The molecule has 0 spiro atoms. The third kappa shape index (κ3) is 5.03. The van der Waals surface area contributed by atoms with Gasteiger partial charge in [0.2, 0.25) is 5.91 Å². The molecule has 1 fully saturated rings. The summed E-state index contributed by atoms with van der Waals surface area (Å²) in [6.07, 6.45) is -0.145. The second-order valence-electron chi connectivity index (χ2n) is 9.31. The van der Waals surface area contributed by atoms with Crippen molar-refractivity contribution < 1.29 is 23.6 Å². The van der Waals surface area contributed by atoms with Gasteiger partial charge in [-0.25, -0.2) is 8.78 Å². The van der Waals surface area contributed by atoms with E-state index in [1.807, 2.05) is 24.3 Å². The molecule has 8 heteroatoms. The summed E-state index contributed by atoms with van der Waals surface area (Å²) in [7, 11) is 0. The predicted molar refractivity (Wildman–Crippen MR) is 139 cm³/mol. The normalized spacial score (nSPS) is 17.7. The van der Waals surface area contributed by atoms with Gasteiger partial charge >= 0.3 is 0 Å². The molecule has 4 aromatic rings. The Balaban J connectivity index is 1.40. The number of aliphatic hydroxyl groups is 1. The van der Waals surface area contributed by atoms with E-state index < -0.39 is 28.6 Å². The Labute approximate surface area is 217 Å². The minimum Gasteiger partial charge on any atom is -0.388 e. The van der Waals surface area contributed by atoms with Crippen molar-refractivity contribution >= 4 is 17.3 Å². The largest absolute Gasteiger partial charge is 0.388 e. The lowest BCUT2D eigenvalue weighted by Gasteiger charge is -2.48. The van der Waals surface area contributed by atoms with Crippen LogP contribution >= 0.6 is 0 Å². The number of amides is 1. The maximum atomic E-state index is 13.5. The van der Waals surface area contributed by atoms with Crippen LogP contribution < -0.4 is 4.90 Å². The quantitative estimate of drug-likeness (QED) is 0.160. The average Bonchev–Trinajstić information content (AvgIpc) is 2.93. The number of non-ortho nitro benzene ring substituents is 1. The van der Waals surface area contributed by atoms with Gasteiger partial charge in [-0.05, 0) is 71.5 Å². The molecule has 0 saturated carbocycles. The minimum absolute atomic E-state index is 0.00146. The maximum Gasteiger partial charge on any atom is 0.270 e. The van der Waals surface area contributed by atoms with Gasteiger partial charge in [0.1, 0.15) is 11.6 Å². The van der Waals surface area contributed by atoms with Crippen LogP contribution in [-0.4, -0.2) is 15.9 Å². The number of halogens is 2. The highest BCUT2D eigenvalue weighted by molar-refractivity contribution is 6.03. The number of carbonyl (C=O) groups is 1. The molecule has 6 nitrogen and oxygen atoms in total. The van der Waals surface area contributed by atoms with Gasteiger partial charge in [-0.1, -0.05) is 48.5 Å². The Morgan fingerprint density at radius 2 is 1.50 bits per heavy atom. The van der Waals surface area contributed by atoms with Crippen molar-refractivity contribution in [3.05, 3.63) is 130 Å². The molecule has 38 heavy (non-hydrogen) atoms. The van der Waals surface area contributed by atoms with E-state index in [1.165, 1.54) is 48.5 Å². The molecular formula is C30H24F2N2O4. The first-order chi connectivity index (χ1) is 18.3. The van der Waals surface area contributed by atoms with E-state index in [9.17, 15) is 28.8 Å². The summed E-state index contributed by atoms with van der Waals surface area (Å²) in [6, 6.07) is 24.8. The Morgan fingerprint density at radius 3 is 2.13 bits per heavy atom. The van der Waals surface area contributed by atoms with Gasteiger partial charge < -0.3 is 10.0 Å². The van der Waals surface area contributed by atoms with Crippen molar-refractivity contribution in [3.8, 4) is 11.1 Å². The fraction of sp³-hybridized carbons (Fsp3) is 0.167. The van der Waals surface area contributed by atoms with Gasteiger partial charge in [-0.15, -0.1) is 0 Å². The maximum absolute atomic E-state index is 13.5. The van der Waals surface area contributed by atoms with Gasteiger partial charge in [0.05, 0.1) is 23.0 Å². The van der Waals surface area contributed by atoms with Crippen molar-refractivity contribution in [2.24, 2.45) is 5.92 Å². The number of hydrogen-bond acceptors (Lipinski definition) is 4. The predicted octanol–water partition coefficient (Wildman–Crippen LogP) is 6.76. The summed E-state index contributed by atoms with van der Waals surface area (Å²) in [5, 5.41) is 21.8. The Morgan fingerprint density at radius 1 is 0.868 bits per heavy atom. The summed E-state index contributed by atoms with van der Waals surface area (Å²) in [4.78, 5) is 25.6. The fourth-order valence-electron chi connectivity index (χ4n) is 4.96. The molecule has 0 bridgehead atoms. The Bertz CT molecular complexity index is 1460. The Kier molecular flexibility index (Phi) is 6.98. The first kappa shape index (κ1) is 25.2. The highest BCUT2D eigenvalue weighted by Gasteiger charge is 2.48. The standard InChI is InChI=1S/C30H24F2N2O4/c31-23-10-8-20(9-11-23)28(35)17-16-27-29(33(30(27)36)25-14-12-24(32)13-15-25)21-6-4-19(5-7-21)22-2-1-3-26(18-22)34(37)38/h1-15,18,27-29,35H,16-17H2/t27-,28+,29-/m1/s1. The van der Waals surface area contributed by atoms with Crippen LogP contribution in [0.1, 0.15) is 36.1 Å². The van der Waals surface area contributed by atoms with Gasteiger partial charge in [0, 0.05) is 17.8 Å². The number of hydrogen-bond donors (Lipinski definition) is 1. The molecule has 1 N–H and O–H groups in total. The zero-order valence-electron chi connectivity index (χ0n) is 20.2. The molecular weight excluding hydrogens is 490 g/mol. The summed E-state index contributed by atoms with van der Waals surface area (Å²) < 4.78 is 26.8. The molecule has 1 amide bonds. The number of nitro benzene ring substituents is 1. The first-order valence-electron chi connectivity index (χ1n) is 12.2. The minimum atomic E-state index is -0.847. The van der Waals surface area contributed by atoms with Gasteiger partial charge in [0.15, 0.2) is 0 Å². The zero-order valence-corrected chi connectivity index (χ0v) is 20.2. The molecule has 192 valence electrons. The van der Waals surface area contributed by atoms with Crippen LogP contribution in [-0.2, 0) is 4.79 Å². The van der Waals surface area contributed by atoms with E-state index in [0.717, 1.165) is 11.1 Å². The van der Waals surface area contributed by atoms with E-state index in [2.05, 4.69) is 0 Å². The summed E-state index contributed by atoms with van der Waals surface area (Å²) in [5.41, 5.74) is 3.48. The zero-order chi connectivity index (χ0) is 26.8. The number of aliphatic hydroxyl groups excluding tert-OH is 1. The molecule has 5 rings (SSSR count). The molecule has 0 aromatic heterocycles. The average molecular weight is 515 g/mol. The van der Waals surface area contributed by atoms with Crippen molar-refractivity contribution in [2.75, 3.05) is 4.90 Å². The van der Waals surface area contributed by atoms with Crippen LogP contribution in [0.25, 0.3) is 11.1 Å². The van der Waals surface area contributed by atoms with E-state index in [-0.39, 0.29) is 17.6 Å². The van der Waals surface area contributed by atoms with Crippen molar-refractivity contribution in [3.63, 3.8) is 0 Å². The second-order valence-corrected chi connectivity index (χ2v) is 9.31. The lowest BCUT2D eigenvalue weighted by atomic mass is 9.78. The number of β-lactam (4-membered cyclic amide) rings is 1. The van der Waals surface area contributed by atoms with Crippen LogP contribution in [0.5, 0.6) is 0 Å². The summed E-state index contributed by atoms with van der Waals surface area (Å²) in [5.74, 6) is -1.34. The molecule has 1 aliphatic rings. The fourth-order valence-corrected chi connectivity index (χ4v) is 4.96. The van der Waals surface area contributed by atoms with Crippen LogP contribution in [0, 0.1) is 27.7 Å². The number of rotatable bonds is 8. The number of carbonyl (C=O) groups excluding carboxylic acids is 1. The second kappa shape index (κ2) is 10.5. The van der Waals surface area contributed by atoms with Crippen molar-refractivity contribution in [1.82, 2.24) is 0 Å². The van der Waals surface area contributed by atoms with Gasteiger partial charge in [-0.3, -0.25) is 14.9 Å². The van der Waals surface area contributed by atoms with Crippen LogP contribution in [0.3, 0.4) is 0 Å². The van der Waals surface area contributed by atoms with E-state index >= 15 is 0 Å². The topological polar surface area (TPSA) is 83.7 Å². The molecule has 4 aromatic carbocycles. The van der Waals surface area contributed by atoms with Crippen molar-refractivity contribution in [1.29, 1.82) is 0 Å². The molecule has 1 aliphatic heterocycles. The van der Waals surface area contributed by atoms with E-state index in [0.29, 0.717) is 29.7 Å². The smallest absolute Gasteiger partial charge is 0.270 e. The number of nitrogens with zero attached hydrogens (tertiary/aromatic N) is 2. The van der Waals surface area contributed by atoms with Crippen LogP contribution in [0.2, 0.25) is 0 Å². The molecule has 1 heterocycles. The molecule has 0 aliphatic carbocycles. The lowest BCUT2D eigenvalue weighted by molar-refractivity contribution is -0.384. The molecule has 3 atom stereocenters. The third-order valence-corrected chi connectivity index (χ3v) is 6.97. The van der Waals surface area contributed by atoms with Crippen molar-refractivity contribution in [2.45, 2.75) is 25.0 Å². The third-order valence-electron chi connectivity index (χ3n) is 6.97. The SMILES string of the molecule is O=C1[C@H](CC[C@H](O)c2ccc(F)cc2)[C@@H](c2ccc(-c3cccc([N+](=O)[O-])c3)cc2)N1c1ccc(F)cc1. The van der Waals surface area contributed by atoms with E-state index in [4.69, 9.17) is 0 Å². The highest BCUT2D eigenvalue weighted by Crippen LogP contribution is 2.46. The lowest BCUT2D eigenvalue weighted by Crippen LogP contribution is -2.55. The van der Waals surface area contributed by atoms with Gasteiger partial charge in [-0.2, -0.15) is 0 Å². The van der Waals surface area contributed by atoms with Crippen LogP contribution in [0.4, 0.5) is 20.2 Å². The number of benzene rings is 4. The monoisotopic (exact) mass is 514 g/mol. The molecule has 1 saturated heterocycles. The van der Waals surface area contributed by atoms with Crippen LogP contribution in [0.15, 0.2) is 97.1 Å². The summed E-state index contributed by atoms with van der Waals surface area (Å²) in [6.45, 7) is 0. The highest BCUT2D eigenvalue weighted by atomic mass is 19.1. The first-order valence-corrected chi connectivity index (χ1v) is 12.2.